The van der Waals surface area contributed by atoms with E-state index in [0.717, 1.165) is 0 Å². The third kappa shape index (κ3) is 16.8. The molecule has 0 aliphatic carbocycles. The van der Waals surface area contributed by atoms with Gasteiger partial charge in [-0.25, -0.2) is 0 Å². The van der Waals surface area contributed by atoms with E-state index in [1.807, 2.05) is 18.2 Å². The molecule has 0 spiro atoms. The number of hydrogen-bond donors (Lipinski definition) is 1. The Bertz CT molecular complexity index is 229. The molecule has 3 heteroatoms. The summed E-state index contributed by atoms with van der Waals surface area (Å²) in [7, 11) is 1.32. The van der Waals surface area contributed by atoms with Gasteiger partial charge in [0.05, 0.1) is 7.11 Å². The van der Waals surface area contributed by atoms with Crippen LogP contribution in [-0.4, -0.2) is 18.8 Å². The van der Waals surface area contributed by atoms with Crippen LogP contribution in [0.25, 0.3) is 0 Å². The van der Waals surface area contributed by atoms with Gasteiger partial charge in [-0.05, 0) is 13.8 Å². The molecule has 0 heterocycles. The van der Waals surface area contributed by atoms with E-state index in [9.17, 15) is 0 Å². The Hall–Kier alpha value is -1.53. The molecule has 0 saturated heterocycles. The van der Waals surface area contributed by atoms with Crippen LogP contribution in [0.4, 0.5) is 0 Å². The van der Waals surface area contributed by atoms with Crippen molar-refractivity contribution in [1.82, 2.24) is 0 Å². The zero-order valence-electron chi connectivity index (χ0n) is 8.90. The second-order valence-corrected chi connectivity index (χ2v) is 2.27. The minimum atomic E-state index is 0.250. The molecule has 1 aromatic rings. The van der Waals surface area contributed by atoms with Gasteiger partial charge in [0, 0.05) is 6.61 Å². The van der Waals surface area contributed by atoms with Crippen LogP contribution in [0.2, 0.25) is 0 Å². The first kappa shape index (κ1) is 15.0. The fraction of sp³-hybridized carbons (Fsp3) is 0.364. The van der Waals surface area contributed by atoms with E-state index < -0.39 is 0 Å². The highest BCUT2D eigenvalue weighted by atomic mass is 16.5. The summed E-state index contributed by atoms with van der Waals surface area (Å²) in [4.78, 5) is 0. The average Bonchev–Trinajstić information content (AvgIpc) is 2.21. The molecular formula is C11H17NO2. The number of aliphatic hydroxyl groups is 1. The van der Waals surface area contributed by atoms with Crippen LogP contribution < -0.4 is 0 Å². The molecule has 1 aromatic carbocycles. The van der Waals surface area contributed by atoms with Gasteiger partial charge in [0.1, 0.15) is 0 Å². The highest BCUT2D eigenvalue weighted by Crippen LogP contribution is 1.92. The molecule has 0 atom stereocenters. The zero-order valence-corrected chi connectivity index (χ0v) is 8.90. The minimum Gasteiger partial charge on any atom is -0.431 e. The number of benzene rings is 1. The van der Waals surface area contributed by atoms with E-state index in [4.69, 9.17) is 10.4 Å². The fourth-order valence-electron chi connectivity index (χ4n) is 0.534. The maximum atomic E-state index is 7.57. The Morgan fingerprint density at radius 2 is 1.71 bits per heavy atom. The molecule has 0 aliphatic heterocycles. The Balaban J connectivity index is 0. The molecule has 0 unspecified atom stereocenters. The van der Waals surface area contributed by atoms with E-state index in [1.165, 1.54) is 18.9 Å². The Morgan fingerprint density at radius 3 is 1.86 bits per heavy atom. The van der Waals surface area contributed by atoms with Crippen LogP contribution in [0.15, 0.2) is 30.3 Å². The third-order valence-electron chi connectivity index (χ3n) is 1.03. The molecule has 0 bridgehead atoms. The van der Waals surface area contributed by atoms with Crippen molar-refractivity contribution in [3.05, 3.63) is 35.9 Å². The van der Waals surface area contributed by atoms with Crippen LogP contribution in [0, 0.1) is 18.4 Å². The number of nitriles is 1. The number of nitrogens with zero attached hydrogens (tertiary/aromatic N) is 1. The summed E-state index contributed by atoms with van der Waals surface area (Å²) in [5, 5.41) is 15.0. The first-order valence-corrected chi connectivity index (χ1v) is 4.27. The lowest BCUT2D eigenvalue weighted by atomic mass is 10.2. The molecule has 0 radical (unpaired) electrons. The number of ether oxygens (including phenoxy) is 1. The summed E-state index contributed by atoms with van der Waals surface area (Å²) < 4.78 is 3.85. The van der Waals surface area contributed by atoms with Crippen molar-refractivity contribution in [3.8, 4) is 6.26 Å². The lowest BCUT2D eigenvalue weighted by molar-refractivity contribution is 0.318. The topological polar surface area (TPSA) is 53.2 Å². The molecule has 1 N–H and O–H groups in total. The van der Waals surface area contributed by atoms with Crippen molar-refractivity contribution in [2.75, 3.05) is 13.7 Å². The van der Waals surface area contributed by atoms with Crippen molar-refractivity contribution in [2.24, 2.45) is 0 Å². The maximum Gasteiger partial charge on any atom is 0.286 e. The first-order chi connectivity index (χ1) is 6.72. The molecule has 14 heavy (non-hydrogen) atoms. The number of aliphatic hydroxyl groups excluding tert-OH is 1. The van der Waals surface area contributed by atoms with E-state index in [2.05, 4.69) is 23.8 Å². The SMILES string of the molecule is CCO.COC#N.Cc1ccccc1. The number of methoxy groups -OCH3 is 1. The Kier molecular flexibility index (Phi) is 15.0. The first-order valence-electron chi connectivity index (χ1n) is 4.27. The quantitative estimate of drug-likeness (QED) is 0.645. The molecule has 0 fully saturated rings. The predicted octanol–water partition coefficient (Wildman–Crippen LogP) is 2.11. The molecule has 0 aliphatic rings. The second kappa shape index (κ2) is 14.0. The Morgan fingerprint density at radius 1 is 1.36 bits per heavy atom. The van der Waals surface area contributed by atoms with E-state index >= 15 is 0 Å². The van der Waals surface area contributed by atoms with Gasteiger partial charge >= 0.3 is 0 Å². The van der Waals surface area contributed by atoms with E-state index in [-0.39, 0.29) is 6.61 Å². The van der Waals surface area contributed by atoms with Gasteiger partial charge in [-0.2, -0.15) is 5.26 Å². The lowest BCUT2D eigenvalue weighted by Crippen LogP contribution is -1.62. The van der Waals surface area contributed by atoms with Gasteiger partial charge in [-0.1, -0.05) is 35.9 Å². The number of rotatable bonds is 0. The van der Waals surface area contributed by atoms with Crippen LogP contribution in [0.1, 0.15) is 12.5 Å². The van der Waals surface area contributed by atoms with E-state index in [0.29, 0.717) is 0 Å². The highest BCUT2D eigenvalue weighted by molar-refractivity contribution is 5.11. The van der Waals surface area contributed by atoms with Gasteiger partial charge in [-0.3, -0.25) is 0 Å². The summed E-state index contributed by atoms with van der Waals surface area (Å²) in [6, 6.07) is 10.3. The summed E-state index contributed by atoms with van der Waals surface area (Å²) in [6.45, 7) is 4.01. The van der Waals surface area contributed by atoms with Crippen molar-refractivity contribution in [1.29, 1.82) is 5.26 Å². The fourth-order valence-corrected chi connectivity index (χ4v) is 0.534. The molecule has 0 amide bonds. The Labute approximate surface area is 85.6 Å². The summed E-state index contributed by atoms with van der Waals surface area (Å²) in [5.74, 6) is 0. The average molecular weight is 195 g/mol. The third-order valence-corrected chi connectivity index (χ3v) is 1.03. The molecule has 0 saturated carbocycles. The van der Waals surface area contributed by atoms with Gasteiger partial charge in [0.2, 0.25) is 0 Å². The smallest absolute Gasteiger partial charge is 0.286 e. The van der Waals surface area contributed by atoms with E-state index in [1.54, 1.807) is 6.92 Å². The molecule has 0 aromatic heterocycles. The van der Waals surface area contributed by atoms with Gasteiger partial charge in [-0.15, -0.1) is 0 Å². The number of aryl methyl sites for hydroxylation is 1. The highest BCUT2D eigenvalue weighted by Gasteiger charge is 1.72. The normalized spacial score (nSPS) is 6.79. The summed E-state index contributed by atoms with van der Waals surface area (Å²) in [6.07, 6.45) is 1.43. The molecule has 78 valence electrons. The van der Waals surface area contributed by atoms with Crippen LogP contribution in [0.3, 0.4) is 0 Å². The lowest BCUT2D eigenvalue weighted by Gasteiger charge is -1.82. The van der Waals surface area contributed by atoms with Gasteiger partial charge < -0.3 is 9.84 Å². The van der Waals surface area contributed by atoms with Crippen LogP contribution >= 0.6 is 0 Å². The zero-order chi connectivity index (χ0) is 11.2. The van der Waals surface area contributed by atoms with Crippen molar-refractivity contribution in [3.63, 3.8) is 0 Å². The number of hydrogen-bond acceptors (Lipinski definition) is 3. The molecule has 3 nitrogen and oxygen atoms in total. The van der Waals surface area contributed by atoms with Crippen molar-refractivity contribution >= 4 is 0 Å². The van der Waals surface area contributed by atoms with Gasteiger partial charge in [0.25, 0.3) is 6.26 Å². The second-order valence-electron chi connectivity index (χ2n) is 2.27. The van der Waals surface area contributed by atoms with Crippen molar-refractivity contribution in [2.45, 2.75) is 13.8 Å². The largest absolute Gasteiger partial charge is 0.431 e. The minimum absolute atomic E-state index is 0.250. The van der Waals surface area contributed by atoms with Crippen LogP contribution in [0.5, 0.6) is 0 Å². The van der Waals surface area contributed by atoms with Gasteiger partial charge in [0.15, 0.2) is 0 Å². The monoisotopic (exact) mass is 195 g/mol. The maximum absolute atomic E-state index is 7.57. The molecular weight excluding hydrogens is 178 g/mol. The molecule has 1 rings (SSSR count). The standard InChI is InChI=1S/C7H8.C2H3NO.C2H6O/c1-7-5-3-2-4-6-7;1-4-2-3;1-2-3/h2-6H,1H3;1H3;3H,2H2,1H3. The summed E-state index contributed by atoms with van der Waals surface area (Å²) >= 11 is 0. The summed E-state index contributed by atoms with van der Waals surface area (Å²) in [5.41, 5.74) is 1.32. The predicted molar refractivity (Wildman–Crippen MR) is 56.6 cm³/mol. The van der Waals surface area contributed by atoms with Crippen LogP contribution in [-0.2, 0) is 4.74 Å². The van der Waals surface area contributed by atoms with Crippen molar-refractivity contribution < 1.29 is 9.84 Å².